The van der Waals surface area contributed by atoms with Crippen molar-refractivity contribution in [2.75, 3.05) is 18.5 Å². The van der Waals surface area contributed by atoms with E-state index in [0.29, 0.717) is 30.0 Å². The summed E-state index contributed by atoms with van der Waals surface area (Å²) in [5.74, 6) is 0.519. The van der Waals surface area contributed by atoms with Gasteiger partial charge in [0.2, 0.25) is 0 Å². The second-order valence-corrected chi connectivity index (χ2v) is 10.9. The highest BCUT2D eigenvalue weighted by Gasteiger charge is 2.30. The summed E-state index contributed by atoms with van der Waals surface area (Å²) in [6.45, 7) is 5.96. The lowest BCUT2D eigenvalue weighted by molar-refractivity contribution is 0.0205. The van der Waals surface area contributed by atoms with Gasteiger partial charge in [-0.25, -0.2) is 0 Å². The smallest absolute Gasteiger partial charge is 0.268 e. The molecule has 3 aromatic carbocycles. The van der Waals surface area contributed by atoms with Crippen LogP contribution in [0.3, 0.4) is 0 Å². The van der Waals surface area contributed by atoms with E-state index in [1.807, 2.05) is 85.1 Å². The van der Waals surface area contributed by atoms with E-state index in [9.17, 15) is 9.59 Å². The van der Waals surface area contributed by atoms with Gasteiger partial charge in [-0.1, -0.05) is 42.5 Å². The Bertz CT molecular complexity index is 1440. The number of nitrogens with zero attached hydrogens (tertiary/aromatic N) is 1. The number of nitrogens with one attached hydrogen (secondary N) is 2. The monoisotopic (exact) mass is 527 g/mol. The van der Waals surface area contributed by atoms with Crippen LogP contribution in [-0.4, -0.2) is 35.1 Å². The maximum absolute atomic E-state index is 13.3. The van der Waals surface area contributed by atoms with E-state index >= 15 is 0 Å². The van der Waals surface area contributed by atoms with Gasteiger partial charge in [-0.2, -0.15) is 0 Å². The average molecular weight is 528 g/mol. The Morgan fingerprint density at radius 1 is 1.00 bits per heavy atom. The third-order valence-corrected chi connectivity index (χ3v) is 8.14. The van der Waals surface area contributed by atoms with Crippen LogP contribution in [0, 0.1) is 0 Å². The molecule has 2 N–H and O–H groups in total. The van der Waals surface area contributed by atoms with Gasteiger partial charge in [0.15, 0.2) is 0 Å². The van der Waals surface area contributed by atoms with Crippen molar-refractivity contribution in [2.24, 2.45) is 0 Å². The molecule has 1 aliphatic rings. The molecule has 0 spiro atoms. The Morgan fingerprint density at radius 3 is 2.55 bits per heavy atom. The maximum Gasteiger partial charge on any atom is 0.268 e. The molecule has 0 saturated carbocycles. The first-order valence-electron chi connectivity index (χ1n) is 13.1. The lowest BCUT2D eigenvalue weighted by atomic mass is 10.0. The normalized spacial score (nSPS) is 17.0. The summed E-state index contributed by atoms with van der Waals surface area (Å²) in [5.41, 5.74) is 3.81. The van der Waals surface area contributed by atoms with Crippen molar-refractivity contribution >= 4 is 40.2 Å². The second-order valence-electron chi connectivity index (χ2n) is 9.86. The third-order valence-electron chi connectivity index (χ3n) is 7.00. The summed E-state index contributed by atoms with van der Waals surface area (Å²) in [5, 5.41) is 7.02. The Kier molecular flexibility index (Phi) is 7.86. The van der Waals surface area contributed by atoms with E-state index < -0.39 is 0 Å². The minimum absolute atomic E-state index is 0.116. The molecule has 1 fully saturated rings. The number of rotatable bonds is 9. The molecule has 4 aromatic rings. The van der Waals surface area contributed by atoms with Crippen LogP contribution in [0.4, 0.5) is 5.69 Å². The average Bonchev–Trinajstić information content (AvgIpc) is 3.54. The summed E-state index contributed by atoms with van der Waals surface area (Å²) in [6, 6.07) is 25.6. The first-order chi connectivity index (χ1) is 18.5. The zero-order chi connectivity index (χ0) is 26.5. The first kappa shape index (κ1) is 26.1. The number of fused-ring (bicyclic) bond motifs is 1. The van der Waals surface area contributed by atoms with Gasteiger partial charge in [0.05, 0.1) is 11.2 Å². The van der Waals surface area contributed by atoms with Gasteiger partial charge in [0.1, 0.15) is 5.69 Å². The van der Waals surface area contributed by atoms with Crippen molar-refractivity contribution in [2.45, 2.75) is 49.5 Å². The minimum Gasteiger partial charge on any atom is -0.373 e. The number of carbonyl (C=O) groups excluding carboxylic acids is 2. The zero-order valence-electron chi connectivity index (χ0n) is 21.8. The molecule has 1 aromatic heterocycles. The topological polar surface area (TPSA) is 72.4 Å². The molecule has 6 nitrogen and oxygen atoms in total. The van der Waals surface area contributed by atoms with Crippen LogP contribution in [0.15, 0.2) is 83.8 Å². The number of carbonyl (C=O) groups is 2. The summed E-state index contributed by atoms with van der Waals surface area (Å²) in [4.78, 5) is 27.3. The van der Waals surface area contributed by atoms with Crippen LogP contribution in [0.1, 0.15) is 53.1 Å². The van der Waals surface area contributed by atoms with Crippen molar-refractivity contribution in [1.29, 1.82) is 0 Å². The number of thioether (sulfide) groups is 1. The van der Waals surface area contributed by atoms with Gasteiger partial charge in [-0.3, -0.25) is 9.59 Å². The van der Waals surface area contributed by atoms with Crippen LogP contribution in [0.5, 0.6) is 0 Å². The number of ether oxygens (including phenoxy) is 1. The van der Waals surface area contributed by atoms with Crippen molar-refractivity contribution < 1.29 is 14.3 Å². The van der Waals surface area contributed by atoms with Gasteiger partial charge in [-0.15, -0.1) is 11.8 Å². The molecule has 1 unspecified atom stereocenters. The lowest BCUT2D eigenvalue weighted by Crippen LogP contribution is -2.40. The molecule has 38 heavy (non-hydrogen) atoms. The molecule has 7 heteroatoms. The Hall–Kier alpha value is -3.55. The third kappa shape index (κ3) is 5.79. The molecule has 2 heterocycles. The predicted octanol–water partition coefficient (Wildman–Crippen LogP) is 6.50. The number of aromatic nitrogens is 1. The van der Waals surface area contributed by atoms with Crippen LogP contribution >= 0.6 is 11.8 Å². The summed E-state index contributed by atoms with van der Waals surface area (Å²) >= 11 is 1.65. The molecule has 2 amide bonds. The molecule has 0 bridgehead atoms. The number of hydrogen-bond donors (Lipinski definition) is 2. The Morgan fingerprint density at radius 2 is 1.79 bits per heavy atom. The number of amides is 2. The molecule has 196 valence electrons. The molecular weight excluding hydrogens is 494 g/mol. The van der Waals surface area contributed by atoms with E-state index in [1.165, 1.54) is 5.56 Å². The van der Waals surface area contributed by atoms with E-state index in [2.05, 4.69) is 22.8 Å². The highest BCUT2D eigenvalue weighted by Crippen LogP contribution is 2.29. The Balaban J connectivity index is 1.31. The van der Waals surface area contributed by atoms with Crippen molar-refractivity contribution in [3.8, 4) is 0 Å². The van der Waals surface area contributed by atoms with E-state index in [-0.39, 0.29) is 17.4 Å². The molecule has 1 aliphatic heterocycles. The molecule has 1 atom stereocenters. The van der Waals surface area contributed by atoms with Gasteiger partial charge in [-0.05, 0) is 68.7 Å². The molecule has 0 aliphatic carbocycles. The highest BCUT2D eigenvalue weighted by molar-refractivity contribution is 7.98. The fourth-order valence-corrected chi connectivity index (χ4v) is 5.93. The summed E-state index contributed by atoms with van der Waals surface area (Å²) in [7, 11) is 0. The molecule has 1 saturated heterocycles. The second kappa shape index (κ2) is 11.5. The van der Waals surface area contributed by atoms with Crippen LogP contribution < -0.4 is 10.6 Å². The predicted molar refractivity (Wildman–Crippen MR) is 154 cm³/mol. The number of aryl methyl sites for hydroxylation is 1. The molecule has 5 rings (SSSR count). The maximum atomic E-state index is 13.3. The minimum atomic E-state index is -0.300. The largest absolute Gasteiger partial charge is 0.373 e. The fraction of sp³-hybridized carbons (Fsp3) is 0.290. The van der Waals surface area contributed by atoms with Gasteiger partial charge < -0.3 is 19.9 Å². The Labute approximate surface area is 227 Å². The van der Waals surface area contributed by atoms with E-state index in [4.69, 9.17) is 4.74 Å². The van der Waals surface area contributed by atoms with Crippen molar-refractivity contribution in [3.63, 3.8) is 0 Å². The zero-order valence-corrected chi connectivity index (χ0v) is 22.6. The van der Waals surface area contributed by atoms with Crippen molar-refractivity contribution in [1.82, 2.24) is 9.88 Å². The fourth-order valence-electron chi connectivity index (χ4n) is 4.93. The quantitative estimate of drug-likeness (QED) is 0.244. The lowest BCUT2D eigenvalue weighted by Gasteiger charge is -2.23. The summed E-state index contributed by atoms with van der Waals surface area (Å²) in [6.07, 6.45) is 1.97. The van der Waals surface area contributed by atoms with E-state index in [0.717, 1.165) is 41.0 Å². The van der Waals surface area contributed by atoms with Gasteiger partial charge in [0.25, 0.3) is 11.8 Å². The summed E-state index contributed by atoms with van der Waals surface area (Å²) < 4.78 is 7.82. The van der Waals surface area contributed by atoms with Crippen LogP contribution in [-0.2, 0) is 17.0 Å². The number of hydrogen-bond acceptors (Lipinski definition) is 4. The van der Waals surface area contributed by atoms with Crippen LogP contribution in [0.25, 0.3) is 10.9 Å². The number of anilines is 1. The van der Waals surface area contributed by atoms with Gasteiger partial charge >= 0.3 is 0 Å². The molecular formula is C31H33N3O3S. The SMILES string of the molecule is CCn1c(C(=O)NCC2(C)CCCO2)cc2cc(NC(=O)c3ccccc3SCc3ccccc3)ccc21. The van der Waals surface area contributed by atoms with Crippen molar-refractivity contribution in [3.05, 3.63) is 95.7 Å². The van der Waals surface area contributed by atoms with Gasteiger partial charge in [0, 0.05) is 46.9 Å². The number of benzene rings is 3. The van der Waals surface area contributed by atoms with E-state index in [1.54, 1.807) is 11.8 Å². The first-order valence-corrected chi connectivity index (χ1v) is 14.1. The molecule has 0 radical (unpaired) electrons. The standard InChI is InChI=1S/C31H33N3O3S/c1-3-34-26-15-14-24(18-23(26)19-27(34)30(36)32-21-31(2)16-9-17-37-31)33-29(35)25-12-7-8-13-28(25)38-20-22-10-5-4-6-11-22/h4-8,10-15,18-19H,3,9,16-17,20-21H2,1-2H3,(H,32,36)(H,33,35). The highest BCUT2D eigenvalue weighted by atomic mass is 32.2. The van der Waals surface area contributed by atoms with Crippen LogP contribution in [0.2, 0.25) is 0 Å².